The number of aromatic nitrogens is 1. The number of rotatable bonds is 2. The highest BCUT2D eigenvalue weighted by atomic mass is 32.2. The van der Waals surface area contributed by atoms with Gasteiger partial charge in [0.1, 0.15) is 0 Å². The lowest BCUT2D eigenvalue weighted by atomic mass is 10.1. The third-order valence-corrected chi connectivity index (χ3v) is 4.39. The number of hydrogen-bond donors (Lipinski definition) is 1. The van der Waals surface area contributed by atoms with E-state index in [0.29, 0.717) is 0 Å². The van der Waals surface area contributed by atoms with Crippen molar-refractivity contribution in [2.24, 2.45) is 0 Å². The largest absolute Gasteiger partial charge is 0.397 e. The van der Waals surface area contributed by atoms with Crippen LogP contribution in [0.3, 0.4) is 0 Å². The first-order chi connectivity index (χ1) is 9.25. The van der Waals surface area contributed by atoms with Gasteiger partial charge in [-0.3, -0.25) is 4.98 Å². The maximum atomic E-state index is 6.27. The average molecular weight is 266 g/mol. The number of fused-ring (bicyclic) bond motifs is 1. The molecule has 3 aromatic rings. The molecule has 0 aliphatic rings. The van der Waals surface area contributed by atoms with E-state index in [1.54, 1.807) is 18.0 Å². The second-order valence-corrected chi connectivity index (χ2v) is 5.53. The quantitative estimate of drug-likeness (QED) is 0.704. The van der Waals surface area contributed by atoms with E-state index < -0.39 is 0 Å². The molecule has 0 saturated heterocycles. The number of nitrogens with two attached hydrogens (primary N) is 1. The number of pyridine rings is 1. The lowest BCUT2D eigenvalue weighted by Gasteiger charge is -2.10. The molecule has 0 fully saturated rings. The standard InChI is InChI=1S/C16H14N2S/c1-11-4-2-3-5-14(11)19-15-7-6-12-10-18-9-8-13(12)16(15)17/h2-10H,17H2,1H3. The van der Waals surface area contributed by atoms with Gasteiger partial charge in [0.05, 0.1) is 5.69 Å². The van der Waals surface area contributed by atoms with Crippen molar-refractivity contribution in [2.45, 2.75) is 16.7 Å². The second-order valence-electron chi connectivity index (χ2n) is 4.44. The summed E-state index contributed by atoms with van der Waals surface area (Å²) >= 11 is 1.71. The van der Waals surface area contributed by atoms with Crippen molar-refractivity contribution < 1.29 is 0 Å². The van der Waals surface area contributed by atoms with Crippen LogP contribution in [-0.2, 0) is 0 Å². The van der Waals surface area contributed by atoms with Crippen LogP contribution in [0.5, 0.6) is 0 Å². The molecule has 94 valence electrons. The molecule has 1 heterocycles. The normalized spacial score (nSPS) is 10.8. The summed E-state index contributed by atoms with van der Waals surface area (Å²) in [5, 5.41) is 2.14. The van der Waals surface area contributed by atoms with Gasteiger partial charge in [-0.2, -0.15) is 0 Å². The Morgan fingerprint density at radius 1 is 1.00 bits per heavy atom. The van der Waals surface area contributed by atoms with Crippen molar-refractivity contribution in [3.8, 4) is 0 Å². The van der Waals surface area contributed by atoms with Gasteiger partial charge in [-0.25, -0.2) is 0 Å². The molecule has 0 spiro atoms. The Morgan fingerprint density at radius 2 is 1.84 bits per heavy atom. The van der Waals surface area contributed by atoms with Crippen molar-refractivity contribution >= 4 is 28.2 Å². The minimum absolute atomic E-state index is 0.827. The molecule has 19 heavy (non-hydrogen) atoms. The Morgan fingerprint density at radius 3 is 2.68 bits per heavy atom. The monoisotopic (exact) mass is 266 g/mol. The summed E-state index contributed by atoms with van der Waals surface area (Å²) < 4.78 is 0. The molecular formula is C16H14N2S. The van der Waals surface area contributed by atoms with Gasteiger partial charge in [-0.15, -0.1) is 0 Å². The van der Waals surface area contributed by atoms with Gasteiger partial charge in [-0.05, 0) is 30.7 Å². The molecule has 0 unspecified atom stereocenters. The first-order valence-corrected chi connectivity index (χ1v) is 6.93. The minimum Gasteiger partial charge on any atom is -0.397 e. The fourth-order valence-electron chi connectivity index (χ4n) is 2.05. The zero-order valence-electron chi connectivity index (χ0n) is 10.6. The van der Waals surface area contributed by atoms with Gasteiger partial charge in [0.2, 0.25) is 0 Å². The van der Waals surface area contributed by atoms with Gasteiger partial charge in [0.15, 0.2) is 0 Å². The lowest BCUT2D eigenvalue weighted by Crippen LogP contribution is -1.91. The molecule has 3 rings (SSSR count). The highest BCUT2D eigenvalue weighted by Gasteiger charge is 2.07. The summed E-state index contributed by atoms with van der Waals surface area (Å²) in [4.78, 5) is 6.45. The van der Waals surface area contributed by atoms with Crippen LogP contribution in [0.15, 0.2) is 64.6 Å². The molecule has 0 radical (unpaired) electrons. The van der Waals surface area contributed by atoms with E-state index in [1.165, 1.54) is 10.5 Å². The number of anilines is 1. The number of nitrogen functional groups attached to an aromatic ring is 1. The third-order valence-electron chi connectivity index (χ3n) is 3.14. The summed E-state index contributed by atoms with van der Waals surface area (Å²) in [6.45, 7) is 2.11. The molecule has 0 aliphatic heterocycles. The third kappa shape index (κ3) is 2.29. The molecule has 0 atom stereocenters. The predicted octanol–water partition coefficient (Wildman–Crippen LogP) is 4.28. The Labute approximate surface area is 116 Å². The van der Waals surface area contributed by atoms with E-state index in [4.69, 9.17) is 5.73 Å². The summed E-state index contributed by atoms with van der Waals surface area (Å²) in [7, 11) is 0. The van der Waals surface area contributed by atoms with Crippen molar-refractivity contribution in [3.05, 3.63) is 60.4 Å². The Bertz CT molecular complexity index is 738. The molecule has 1 aromatic heterocycles. The summed E-state index contributed by atoms with van der Waals surface area (Å²) in [5.74, 6) is 0. The van der Waals surface area contributed by atoms with Crippen LogP contribution in [-0.4, -0.2) is 4.98 Å². The van der Waals surface area contributed by atoms with Gasteiger partial charge in [-0.1, -0.05) is 36.0 Å². The van der Waals surface area contributed by atoms with Crippen LogP contribution in [0.1, 0.15) is 5.56 Å². The second kappa shape index (κ2) is 4.94. The first kappa shape index (κ1) is 12.1. The first-order valence-electron chi connectivity index (χ1n) is 6.11. The SMILES string of the molecule is Cc1ccccc1Sc1ccc2cnccc2c1N. The molecule has 0 saturated carbocycles. The Hall–Kier alpha value is -2.00. The molecule has 2 N–H and O–H groups in total. The van der Waals surface area contributed by atoms with Crippen LogP contribution < -0.4 is 5.73 Å². The highest BCUT2D eigenvalue weighted by Crippen LogP contribution is 2.37. The summed E-state index contributed by atoms with van der Waals surface area (Å²) in [6.07, 6.45) is 3.62. The topological polar surface area (TPSA) is 38.9 Å². The van der Waals surface area contributed by atoms with Crippen molar-refractivity contribution in [2.75, 3.05) is 5.73 Å². The summed E-state index contributed by atoms with van der Waals surface area (Å²) in [5.41, 5.74) is 8.36. The van der Waals surface area contributed by atoms with Gasteiger partial charge in [0.25, 0.3) is 0 Å². The average Bonchev–Trinajstić information content (AvgIpc) is 2.44. The molecule has 3 heteroatoms. The van der Waals surface area contributed by atoms with E-state index in [-0.39, 0.29) is 0 Å². The fraction of sp³-hybridized carbons (Fsp3) is 0.0625. The van der Waals surface area contributed by atoms with Gasteiger partial charge < -0.3 is 5.73 Å². The van der Waals surface area contributed by atoms with E-state index in [1.807, 2.05) is 12.3 Å². The number of hydrogen-bond acceptors (Lipinski definition) is 3. The van der Waals surface area contributed by atoms with Crippen LogP contribution >= 0.6 is 11.8 Å². The van der Waals surface area contributed by atoms with Crippen LogP contribution in [0.2, 0.25) is 0 Å². The molecule has 0 aliphatic carbocycles. The Kier molecular flexibility index (Phi) is 3.13. The summed E-state index contributed by atoms with van der Waals surface area (Å²) in [6, 6.07) is 14.4. The zero-order valence-corrected chi connectivity index (χ0v) is 11.4. The van der Waals surface area contributed by atoms with Crippen LogP contribution in [0.25, 0.3) is 10.8 Å². The number of benzene rings is 2. The van der Waals surface area contributed by atoms with Crippen LogP contribution in [0.4, 0.5) is 5.69 Å². The van der Waals surface area contributed by atoms with Crippen LogP contribution in [0, 0.1) is 6.92 Å². The van der Waals surface area contributed by atoms with E-state index in [2.05, 4.69) is 48.3 Å². The van der Waals surface area contributed by atoms with Gasteiger partial charge in [0, 0.05) is 33.0 Å². The molecule has 0 amide bonds. The zero-order chi connectivity index (χ0) is 13.2. The molecule has 2 aromatic carbocycles. The maximum absolute atomic E-state index is 6.27. The van der Waals surface area contributed by atoms with E-state index in [0.717, 1.165) is 21.4 Å². The molecular weight excluding hydrogens is 252 g/mol. The fourth-order valence-corrected chi connectivity index (χ4v) is 3.02. The lowest BCUT2D eigenvalue weighted by molar-refractivity contribution is 1.29. The minimum atomic E-state index is 0.827. The predicted molar refractivity (Wildman–Crippen MR) is 81.5 cm³/mol. The van der Waals surface area contributed by atoms with Gasteiger partial charge >= 0.3 is 0 Å². The van der Waals surface area contributed by atoms with E-state index >= 15 is 0 Å². The van der Waals surface area contributed by atoms with Crippen molar-refractivity contribution in [3.63, 3.8) is 0 Å². The number of aryl methyl sites for hydroxylation is 1. The molecule has 0 bridgehead atoms. The highest BCUT2D eigenvalue weighted by molar-refractivity contribution is 7.99. The smallest absolute Gasteiger partial charge is 0.0536 e. The van der Waals surface area contributed by atoms with E-state index in [9.17, 15) is 0 Å². The molecule has 2 nitrogen and oxygen atoms in total. The van der Waals surface area contributed by atoms with Crippen molar-refractivity contribution in [1.82, 2.24) is 4.98 Å². The Balaban J connectivity index is 2.07. The maximum Gasteiger partial charge on any atom is 0.0536 e. The number of nitrogens with zero attached hydrogens (tertiary/aromatic N) is 1. The van der Waals surface area contributed by atoms with Crippen molar-refractivity contribution in [1.29, 1.82) is 0 Å².